The highest BCUT2D eigenvalue weighted by molar-refractivity contribution is 5.19. The van der Waals surface area contributed by atoms with Crippen molar-refractivity contribution in [2.45, 2.75) is 27.7 Å². The Morgan fingerprint density at radius 1 is 1.20 bits per heavy atom. The van der Waals surface area contributed by atoms with Gasteiger partial charge in [-0.15, -0.1) is 0 Å². The third-order valence-corrected chi connectivity index (χ3v) is 1.21. The van der Waals surface area contributed by atoms with Crippen molar-refractivity contribution in [3.8, 4) is 0 Å². The number of rotatable bonds is 1. The fourth-order valence-corrected chi connectivity index (χ4v) is 0.417. The first-order chi connectivity index (χ1) is 3.68. The Hall–Kier alpha value is -0.600. The molecular formula is C8H21NO. The lowest BCUT2D eigenvalue weighted by atomic mass is 10.2. The molecule has 0 fully saturated rings. The molecule has 2 heteroatoms. The smallest absolute Gasteiger partial charge is 0 e. The molecule has 0 saturated carbocycles. The predicted molar refractivity (Wildman–Crippen MR) is 49.6 cm³/mol. The van der Waals surface area contributed by atoms with Crippen LogP contribution in [0.3, 0.4) is 0 Å². The second-order valence-corrected chi connectivity index (χ2v) is 2.18. The summed E-state index contributed by atoms with van der Waals surface area (Å²) in [6, 6.07) is 0. The van der Waals surface area contributed by atoms with Gasteiger partial charge in [0.25, 0.3) is 0 Å². The molecule has 0 aromatic rings. The Morgan fingerprint density at radius 3 is 1.70 bits per heavy atom. The van der Waals surface area contributed by atoms with Crippen LogP contribution in [0.4, 0.5) is 0 Å². The molecule has 64 valence electrons. The molecule has 0 heterocycles. The van der Waals surface area contributed by atoms with Gasteiger partial charge in [0.1, 0.15) is 0 Å². The molecule has 10 heavy (non-hydrogen) atoms. The molecule has 0 rings (SSSR count). The lowest BCUT2D eigenvalue weighted by Gasteiger charge is -1.91. The van der Waals surface area contributed by atoms with E-state index in [2.05, 4.69) is 32.9 Å². The van der Waals surface area contributed by atoms with Crippen LogP contribution in [0.2, 0.25) is 0 Å². The molecular weight excluding hydrogens is 126 g/mol. The summed E-state index contributed by atoms with van der Waals surface area (Å²) in [5.74, 6) is 0. The maximum atomic E-state index is 2.12. The van der Waals surface area contributed by atoms with Gasteiger partial charge < -0.3 is 11.6 Å². The molecule has 0 amide bonds. The fourth-order valence-electron chi connectivity index (χ4n) is 0.417. The van der Waals surface area contributed by atoms with E-state index in [4.69, 9.17) is 0 Å². The monoisotopic (exact) mass is 147 g/mol. The van der Waals surface area contributed by atoms with Crippen LogP contribution in [-0.4, -0.2) is 5.48 Å². The Kier molecular flexibility index (Phi) is 13.6. The van der Waals surface area contributed by atoms with Crippen molar-refractivity contribution in [2.75, 3.05) is 0 Å². The van der Waals surface area contributed by atoms with Gasteiger partial charge in [0.05, 0.1) is 0 Å². The molecule has 0 aromatic carbocycles. The van der Waals surface area contributed by atoms with Gasteiger partial charge >= 0.3 is 0 Å². The minimum atomic E-state index is 0. The lowest BCUT2D eigenvalue weighted by Crippen LogP contribution is -1.70. The normalized spacial score (nSPS) is 8.00. The first kappa shape index (κ1) is 16.2. The molecule has 0 aliphatic rings. The van der Waals surface area contributed by atoms with Gasteiger partial charge in [0.15, 0.2) is 0 Å². The van der Waals surface area contributed by atoms with Crippen LogP contribution >= 0.6 is 0 Å². The molecule has 0 atom stereocenters. The number of hydrogen-bond acceptors (Lipinski definition) is 1. The average Bonchev–Trinajstić information content (AvgIpc) is 1.67. The van der Waals surface area contributed by atoms with Crippen molar-refractivity contribution < 1.29 is 6.90 Å². The Bertz CT molecular complexity index is 126. The van der Waals surface area contributed by atoms with Crippen LogP contribution in [0.1, 0.15) is 29.1 Å². The standard InChI is InChI=1S/C8H14.H3N.H2O.H2/c1-5-6-8(4)7(2)3;;;/h5-6H,1-4H3;1H3;1H2;1H/b6-5+;;;. The maximum absolute atomic E-state index is 2.12. The van der Waals surface area contributed by atoms with Gasteiger partial charge in [-0.25, -0.2) is 0 Å². The van der Waals surface area contributed by atoms with E-state index in [0.29, 0.717) is 0 Å². The number of hydrogen-bond donors (Lipinski definition) is 1. The van der Waals surface area contributed by atoms with Crippen molar-refractivity contribution in [3.63, 3.8) is 0 Å². The second kappa shape index (κ2) is 8.40. The topological polar surface area (TPSA) is 66.5 Å². The quantitative estimate of drug-likeness (QED) is 0.569. The van der Waals surface area contributed by atoms with Gasteiger partial charge in [-0.1, -0.05) is 23.3 Å². The van der Waals surface area contributed by atoms with Crippen molar-refractivity contribution in [3.05, 3.63) is 23.3 Å². The third kappa shape index (κ3) is 7.40. The minimum absolute atomic E-state index is 0. The van der Waals surface area contributed by atoms with Crippen molar-refractivity contribution in [2.24, 2.45) is 0 Å². The van der Waals surface area contributed by atoms with E-state index in [1.54, 1.807) is 0 Å². The summed E-state index contributed by atoms with van der Waals surface area (Å²) >= 11 is 0. The van der Waals surface area contributed by atoms with Crippen LogP contribution in [-0.2, 0) is 0 Å². The summed E-state index contributed by atoms with van der Waals surface area (Å²) in [6.45, 7) is 8.40. The molecule has 2 nitrogen and oxygen atoms in total. The Morgan fingerprint density at radius 2 is 1.60 bits per heavy atom. The van der Waals surface area contributed by atoms with E-state index in [1.165, 1.54) is 11.1 Å². The summed E-state index contributed by atoms with van der Waals surface area (Å²) in [4.78, 5) is 0. The molecule has 5 N–H and O–H groups in total. The van der Waals surface area contributed by atoms with Crippen LogP contribution < -0.4 is 6.15 Å². The predicted octanol–water partition coefficient (Wildman–Crippen LogP) is 2.50. The SMILES string of the molecule is C/C=C/C(C)=C(C)C.N.O.[HH]. The first-order valence-electron chi connectivity index (χ1n) is 2.95. The van der Waals surface area contributed by atoms with E-state index < -0.39 is 0 Å². The summed E-state index contributed by atoms with van der Waals surface area (Å²) in [5.41, 5.74) is 2.76. The summed E-state index contributed by atoms with van der Waals surface area (Å²) in [7, 11) is 0. The maximum Gasteiger partial charge on any atom is 0 e. The van der Waals surface area contributed by atoms with E-state index >= 15 is 0 Å². The molecule has 0 saturated heterocycles. The fraction of sp³-hybridized carbons (Fsp3) is 0.500. The van der Waals surface area contributed by atoms with Gasteiger partial charge in [-0.3, -0.25) is 0 Å². The van der Waals surface area contributed by atoms with Crippen molar-refractivity contribution in [1.29, 1.82) is 0 Å². The largest absolute Gasteiger partial charge is 0.412 e. The van der Waals surface area contributed by atoms with E-state index in [0.717, 1.165) is 0 Å². The Labute approximate surface area is 65.0 Å². The molecule has 0 unspecified atom stereocenters. The van der Waals surface area contributed by atoms with Gasteiger partial charge in [-0.05, 0) is 27.7 Å². The lowest BCUT2D eigenvalue weighted by molar-refractivity contribution is 0.824. The average molecular weight is 147 g/mol. The molecule has 0 radical (unpaired) electrons. The second-order valence-electron chi connectivity index (χ2n) is 2.18. The van der Waals surface area contributed by atoms with Crippen LogP contribution in [0.25, 0.3) is 0 Å². The van der Waals surface area contributed by atoms with Gasteiger partial charge in [0, 0.05) is 1.43 Å². The molecule has 0 aliphatic heterocycles. The zero-order valence-electron chi connectivity index (χ0n) is 7.36. The van der Waals surface area contributed by atoms with Crippen molar-refractivity contribution >= 4 is 0 Å². The van der Waals surface area contributed by atoms with Crippen LogP contribution in [0.5, 0.6) is 0 Å². The zero-order valence-corrected chi connectivity index (χ0v) is 7.36. The summed E-state index contributed by atoms with van der Waals surface area (Å²) in [5, 5.41) is 0. The molecule has 0 spiro atoms. The number of allylic oxidation sites excluding steroid dienone is 4. The third-order valence-electron chi connectivity index (χ3n) is 1.21. The molecule has 0 aliphatic carbocycles. The van der Waals surface area contributed by atoms with E-state index in [9.17, 15) is 0 Å². The summed E-state index contributed by atoms with van der Waals surface area (Å²) in [6.07, 6.45) is 4.18. The van der Waals surface area contributed by atoms with Gasteiger partial charge in [0.2, 0.25) is 0 Å². The minimum Gasteiger partial charge on any atom is -0.412 e. The van der Waals surface area contributed by atoms with Gasteiger partial charge in [-0.2, -0.15) is 0 Å². The Balaban J connectivity index is -0.0000000817. The summed E-state index contributed by atoms with van der Waals surface area (Å²) < 4.78 is 0. The van der Waals surface area contributed by atoms with Crippen LogP contribution in [0, 0.1) is 0 Å². The molecule has 0 aromatic heterocycles. The first-order valence-corrected chi connectivity index (χ1v) is 2.95. The van der Waals surface area contributed by atoms with Crippen molar-refractivity contribution in [1.82, 2.24) is 6.15 Å². The van der Waals surface area contributed by atoms with E-state index in [-0.39, 0.29) is 13.1 Å². The highest BCUT2D eigenvalue weighted by atomic mass is 16.0. The molecule has 0 bridgehead atoms. The van der Waals surface area contributed by atoms with E-state index in [1.807, 2.05) is 6.92 Å². The highest BCUT2D eigenvalue weighted by Gasteiger charge is 1.80. The van der Waals surface area contributed by atoms with Crippen LogP contribution in [0.15, 0.2) is 23.3 Å². The zero-order chi connectivity index (χ0) is 6.57. The highest BCUT2D eigenvalue weighted by Crippen LogP contribution is 2.01.